The minimum absolute atomic E-state index is 0.501. The van der Waals surface area contributed by atoms with Gasteiger partial charge in [0.2, 0.25) is 0 Å². The smallest absolute Gasteiger partial charge is 0.184 e. The topological polar surface area (TPSA) is 51.0 Å². The first-order chi connectivity index (χ1) is 15.7. The lowest BCUT2D eigenvalue weighted by molar-refractivity contribution is 0.390. The molecule has 0 fully saturated rings. The molecule has 0 atom stereocenters. The number of nitrogens with zero attached hydrogens (tertiary/aromatic N) is 2. The van der Waals surface area contributed by atoms with E-state index in [0.717, 1.165) is 43.8 Å². The van der Waals surface area contributed by atoms with Crippen LogP contribution in [-0.4, -0.2) is 10.1 Å². The van der Waals surface area contributed by atoms with Crippen molar-refractivity contribution < 1.29 is 4.52 Å². The highest BCUT2D eigenvalue weighted by Crippen LogP contribution is 2.39. The van der Waals surface area contributed by atoms with Gasteiger partial charge in [0.1, 0.15) is 5.69 Å². The van der Waals surface area contributed by atoms with Gasteiger partial charge in [0.25, 0.3) is 0 Å². The van der Waals surface area contributed by atoms with E-state index >= 15 is 0 Å². The SMILES string of the molecule is Cc1cccc(-c2cc(CNc3nc(-c4ccc(Cl)cc4)c(-c4ccccc4)s3)on2)c1. The molecule has 2 aromatic heterocycles. The molecule has 0 saturated heterocycles. The van der Waals surface area contributed by atoms with Crippen LogP contribution < -0.4 is 5.32 Å². The molecule has 0 saturated carbocycles. The van der Waals surface area contributed by atoms with Gasteiger partial charge in [-0.25, -0.2) is 4.98 Å². The zero-order valence-corrected chi connectivity index (χ0v) is 19.0. The van der Waals surface area contributed by atoms with E-state index < -0.39 is 0 Å². The van der Waals surface area contributed by atoms with Crippen molar-refractivity contribution in [3.8, 4) is 33.0 Å². The van der Waals surface area contributed by atoms with Gasteiger partial charge in [-0.1, -0.05) is 94.3 Å². The molecule has 0 aliphatic carbocycles. The van der Waals surface area contributed by atoms with Crippen molar-refractivity contribution in [1.82, 2.24) is 10.1 Å². The summed E-state index contributed by atoms with van der Waals surface area (Å²) in [5.41, 5.74) is 6.15. The molecule has 5 aromatic rings. The molecule has 0 radical (unpaired) electrons. The molecule has 6 heteroatoms. The van der Waals surface area contributed by atoms with Crippen LogP contribution in [0.3, 0.4) is 0 Å². The van der Waals surface area contributed by atoms with Gasteiger partial charge in [-0.3, -0.25) is 0 Å². The average molecular weight is 458 g/mol. The van der Waals surface area contributed by atoms with Crippen LogP contribution in [0.25, 0.3) is 33.0 Å². The minimum Gasteiger partial charge on any atom is -0.359 e. The van der Waals surface area contributed by atoms with E-state index in [0.29, 0.717) is 11.6 Å². The van der Waals surface area contributed by atoms with Gasteiger partial charge in [0.05, 0.1) is 17.1 Å². The number of rotatable bonds is 6. The zero-order chi connectivity index (χ0) is 21.9. The fraction of sp³-hybridized carbons (Fsp3) is 0.0769. The number of aryl methyl sites for hydroxylation is 1. The quantitative estimate of drug-likeness (QED) is 0.283. The summed E-state index contributed by atoms with van der Waals surface area (Å²) in [6.45, 7) is 2.57. The maximum atomic E-state index is 6.09. The second kappa shape index (κ2) is 8.99. The number of aromatic nitrogens is 2. The van der Waals surface area contributed by atoms with Gasteiger partial charge >= 0.3 is 0 Å². The van der Waals surface area contributed by atoms with Crippen molar-refractivity contribution in [2.45, 2.75) is 13.5 Å². The molecule has 0 spiro atoms. The third-order valence-electron chi connectivity index (χ3n) is 5.07. The predicted octanol–water partition coefficient (Wildman–Crippen LogP) is 7.71. The molecular weight excluding hydrogens is 438 g/mol. The van der Waals surface area contributed by atoms with E-state index in [9.17, 15) is 0 Å². The number of anilines is 1. The summed E-state index contributed by atoms with van der Waals surface area (Å²) in [7, 11) is 0. The van der Waals surface area contributed by atoms with Crippen molar-refractivity contribution in [1.29, 1.82) is 0 Å². The molecule has 0 aliphatic rings. The molecule has 0 aliphatic heterocycles. The van der Waals surface area contributed by atoms with Gasteiger partial charge in [-0.15, -0.1) is 0 Å². The highest BCUT2D eigenvalue weighted by molar-refractivity contribution is 7.19. The van der Waals surface area contributed by atoms with Gasteiger partial charge in [-0.05, 0) is 30.7 Å². The van der Waals surface area contributed by atoms with Gasteiger partial charge in [-0.2, -0.15) is 0 Å². The van der Waals surface area contributed by atoms with Crippen molar-refractivity contribution in [3.05, 3.63) is 101 Å². The van der Waals surface area contributed by atoms with Gasteiger partial charge in [0, 0.05) is 22.2 Å². The second-order valence-electron chi connectivity index (χ2n) is 7.47. The first kappa shape index (κ1) is 20.5. The van der Waals surface area contributed by atoms with E-state index in [1.807, 2.05) is 60.7 Å². The number of hydrogen-bond donors (Lipinski definition) is 1. The Kier molecular flexibility index (Phi) is 5.75. The van der Waals surface area contributed by atoms with E-state index in [4.69, 9.17) is 21.1 Å². The number of nitrogens with one attached hydrogen (secondary N) is 1. The molecule has 4 nitrogen and oxygen atoms in total. The highest BCUT2D eigenvalue weighted by Gasteiger charge is 2.16. The molecular formula is C26H20ClN3OS. The van der Waals surface area contributed by atoms with Crippen molar-refractivity contribution in [2.75, 3.05) is 5.32 Å². The number of thiazole rings is 1. The Morgan fingerprint density at radius 2 is 1.66 bits per heavy atom. The van der Waals surface area contributed by atoms with Crippen LogP contribution in [0.5, 0.6) is 0 Å². The Balaban J connectivity index is 1.40. The van der Waals surface area contributed by atoms with Crippen LogP contribution in [0.2, 0.25) is 5.02 Å². The first-order valence-corrected chi connectivity index (χ1v) is 11.4. The van der Waals surface area contributed by atoms with Gasteiger partial charge < -0.3 is 9.84 Å². The number of hydrogen-bond acceptors (Lipinski definition) is 5. The van der Waals surface area contributed by atoms with Crippen LogP contribution in [0.4, 0.5) is 5.13 Å². The Bertz CT molecular complexity index is 1340. The average Bonchev–Trinajstić information content (AvgIpc) is 3.46. The summed E-state index contributed by atoms with van der Waals surface area (Å²) in [6.07, 6.45) is 0. The molecule has 5 rings (SSSR count). The number of halogens is 1. The summed E-state index contributed by atoms with van der Waals surface area (Å²) in [4.78, 5) is 5.99. The fourth-order valence-electron chi connectivity index (χ4n) is 3.48. The molecule has 158 valence electrons. The summed E-state index contributed by atoms with van der Waals surface area (Å²) in [5.74, 6) is 0.756. The first-order valence-electron chi connectivity index (χ1n) is 10.2. The Labute approximate surface area is 195 Å². The Morgan fingerprint density at radius 3 is 2.44 bits per heavy atom. The van der Waals surface area contributed by atoms with Crippen LogP contribution >= 0.6 is 22.9 Å². The van der Waals surface area contributed by atoms with Crippen LogP contribution in [0, 0.1) is 6.92 Å². The normalized spacial score (nSPS) is 10.9. The summed E-state index contributed by atoms with van der Waals surface area (Å²) in [5, 5.41) is 9.15. The maximum Gasteiger partial charge on any atom is 0.184 e. The lowest BCUT2D eigenvalue weighted by atomic mass is 10.1. The minimum atomic E-state index is 0.501. The highest BCUT2D eigenvalue weighted by atomic mass is 35.5. The third-order valence-corrected chi connectivity index (χ3v) is 6.38. The van der Waals surface area contributed by atoms with Crippen LogP contribution in [0.15, 0.2) is 89.5 Å². The summed E-state index contributed by atoms with van der Waals surface area (Å²) >= 11 is 7.71. The second-order valence-corrected chi connectivity index (χ2v) is 8.91. The van der Waals surface area contributed by atoms with E-state index in [1.54, 1.807) is 11.3 Å². The third kappa shape index (κ3) is 4.44. The monoisotopic (exact) mass is 457 g/mol. The lowest BCUT2D eigenvalue weighted by Gasteiger charge is -2.02. The van der Waals surface area contributed by atoms with Gasteiger partial charge in [0.15, 0.2) is 10.9 Å². The molecule has 0 amide bonds. The van der Waals surface area contributed by atoms with Crippen LogP contribution in [-0.2, 0) is 6.54 Å². The van der Waals surface area contributed by atoms with Crippen LogP contribution in [0.1, 0.15) is 11.3 Å². The molecule has 3 aromatic carbocycles. The molecule has 0 unspecified atom stereocenters. The molecule has 32 heavy (non-hydrogen) atoms. The maximum absolute atomic E-state index is 6.09. The van der Waals surface area contributed by atoms with Crippen molar-refractivity contribution >= 4 is 28.1 Å². The van der Waals surface area contributed by atoms with E-state index in [2.05, 4.69) is 41.7 Å². The van der Waals surface area contributed by atoms with E-state index in [-0.39, 0.29) is 0 Å². The predicted molar refractivity (Wildman–Crippen MR) is 132 cm³/mol. The Hall–Kier alpha value is -3.41. The molecule has 2 heterocycles. The largest absolute Gasteiger partial charge is 0.359 e. The Morgan fingerprint density at radius 1 is 0.875 bits per heavy atom. The van der Waals surface area contributed by atoms with E-state index in [1.165, 1.54) is 5.56 Å². The van der Waals surface area contributed by atoms with Crippen molar-refractivity contribution in [3.63, 3.8) is 0 Å². The lowest BCUT2D eigenvalue weighted by Crippen LogP contribution is -1.97. The number of benzene rings is 3. The van der Waals surface area contributed by atoms with Crippen molar-refractivity contribution in [2.24, 2.45) is 0 Å². The summed E-state index contributed by atoms with van der Waals surface area (Å²) in [6, 6.07) is 28.2. The summed E-state index contributed by atoms with van der Waals surface area (Å²) < 4.78 is 5.55. The fourth-order valence-corrected chi connectivity index (χ4v) is 4.60. The standard InChI is InChI=1S/C26H20ClN3OS/c1-17-6-5-9-20(14-17)23-15-22(31-30-23)16-28-26-29-24(18-10-12-21(27)13-11-18)25(32-26)19-7-3-2-4-8-19/h2-15H,16H2,1H3,(H,28,29). The molecule has 0 bridgehead atoms. The zero-order valence-electron chi connectivity index (χ0n) is 17.4. The molecule has 1 N–H and O–H groups in total.